The average Bonchev–Trinajstić information content (AvgIpc) is 2.03. The maximum absolute atomic E-state index is 11.9. The zero-order valence-electron chi connectivity index (χ0n) is 8.97. The Labute approximate surface area is 83.9 Å². The summed E-state index contributed by atoms with van der Waals surface area (Å²) >= 11 is 0. The van der Waals surface area contributed by atoms with Crippen molar-refractivity contribution in [3.8, 4) is 0 Å². The molecule has 76 valence electrons. The standard InChI is InChI=1S/C11H21OP/c1-11(2,3)10(12)8-4-6-9(13)7-5-8/h8-9H,4-7,13H2,1-3H3. The fraction of sp³-hybridized carbons (Fsp3) is 0.909. The smallest absolute Gasteiger partial charge is 0.141 e. The summed E-state index contributed by atoms with van der Waals surface area (Å²) in [5.41, 5.74) is 0.613. The molecule has 1 aliphatic rings. The van der Waals surface area contributed by atoms with Crippen LogP contribution in [0.4, 0.5) is 0 Å². The Bertz CT molecular complexity index is 185. The van der Waals surface area contributed by atoms with Gasteiger partial charge in [0.2, 0.25) is 0 Å². The predicted octanol–water partition coefficient (Wildman–Crippen LogP) is 3.04. The molecule has 0 aromatic rings. The van der Waals surface area contributed by atoms with E-state index >= 15 is 0 Å². The number of carbonyl (C=O) groups is 1. The van der Waals surface area contributed by atoms with Gasteiger partial charge in [0.1, 0.15) is 5.78 Å². The molecule has 0 bridgehead atoms. The van der Waals surface area contributed by atoms with Crippen LogP contribution < -0.4 is 0 Å². The molecule has 0 heterocycles. The third-order valence-electron chi connectivity index (χ3n) is 2.88. The number of ketones is 1. The minimum atomic E-state index is -0.140. The van der Waals surface area contributed by atoms with Gasteiger partial charge in [0.15, 0.2) is 0 Å². The second-order valence-corrected chi connectivity index (χ2v) is 6.17. The molecular formula is C11H21OP. The number of hydrogen-bond donors (Lipinski definition) is 0. The Morgan fingerprint density at radius 1 is 1.15 bits per heavy atom. The highest BCUT2D eigenvalue weighted by Crippen LogP contribution is 2.33. The molecule has 0 aromatic heterocycles. The summed E-state index contributed by atoms with van der Waals surface area (Å²) in [5.74, 6) is 0.807. The topological polar surface area (TPSA) is 17.1 Å². The van der Waals surface area contributed by atoms with E-state index in [1.165, 1.54) is 12.8 Å². The van der Waals surface area contributed by atoms with Crippen LogP contribution >= 0.6 is 9.24 Å². The molecule has 0 aliphatic heterocycles. The van der Waals surface area contributed by atoms with Crippen LogP contribution in [-0.2, 0) is 4.79 Å². The van der Waals surface area contributed by atoms with Crippen LogP contribution in [0.2, 0.25) is 0 Å². The highest BCUT2D eigenvalue weighted by Gasteiger charge is 2.31. The maximum atomic E-state index is 11.9. The monoisotopic (exact) mass is 200 g/mol. The molecule has 1 saturated carbocycles. The summed E-state index contributed by atoms with van der Waals surface area (Å²) < 4.78 is 0. The van der Waals surface area contributed by atoms with Crippen molar-refractivity contribution in [3.63, 3.8) is 0 Å². The van der Waals surface area contributed by atoms with Crippen molar-refractivity contribution in [1.82, 2.24) is 0 Å². The summed E-state index contributed by atoms with van der Waals surface area (Å²) in [6, 6.07) is 0. The van der Waals surface area contributed by atoms with Crippen molar-refractivity contribution >= 4 is 15.0 Å². The van der Waals surface area contributed by atoms with Crippen LogP contribution in [0.3, 0.4) is 0 Å². The Morgan fingerprint density at radius 2 is 1.62 bits per heavy atom. The predicted molar refractivity (Wildman–Crippen MR) is 59.9 cm³/mol. The summed E-state index contributed by atoms with van der Waals surface area (Å²) in [5, 5.41) is 0. The van der Waals surface area contributed by atoms with Crippen LogP contribution in [0.15, 0.2) is 0 Å². The normalized spacial score (nSPS) is 30.2. The van der Waals surface area contributed by atoms with Gasteiger partial charge in [0, 0.05) is 11.3 Å². The minimum Gasteiger partial charge on any atom is -0.299 e. The highest BCUT2D eigenvalue weighted by molar-refractivity contribution is 7.17. The molecule has 2 heteroatoms. The van der Waals surface area contributed by atoms with E-state index in [-0.39, 0.29) is 5.41 Å². The van der Waals surface area contributed by atoms with Gasteiger partial charge in [-0.15, -0.1) is 9.24 Å². The quantitative estimate of drug-likeness (QED) is 0.594. The van der Waals surface area contributed by atoms with Gasteiger partial charge in [-0.3, -0.25) is 4.79 Å². The Morgan fingerprint density at radius 3 is 2.00 bits per heavy atom. The Hall–Kier alpha value is 0.100. The number of carbonyl (C=O) groups excluding carboxylic acids is 1. The van der Waals surface area contributed by atoms with Gasteiger partial charge in [0.05, 0.1) is 0 Å². The van der Waals surface area contributed by atoms with Crippen LogP contribution in [-0.4, -0.2) is 11.4 Å². The molecule has 0 N–H and O–H groups in total. The first kappa shape index (κ1) is 11.2. The van der Waals surface area contributed by atoms with E-state index in [1.807, 2.05) is 20.8 Å². The van der Waals surface area contributed by atoms with E-state index in [0.717, 1.165) is 18.5 Å². The average molecular weight is 200 g/mol. The van der Waals surface area contributed by atoms with E-state index in [4.69, 9.17) is 0 Å². The van der Waals surface area contributed by atoms with Gasteiger partial charge in [0.25, 0.3) is 0 Å². The molecule has 13 heavy (non-hydrogen) atoms. The highest BCUT2D eigenvalue weighted by atomic mass is 31.0. The Balaban J connectivity index is 2.50. The zero-order valence-corrected chi connectivity index (χ0v) is 10.1. The van der Waals surface area contributed by atoms with Crippen LogP contribution in [0.25, 0.3) is 0 Å². The second kappa shape index (κ2) is 4.09. The van der Waals surface area contributed by atoms with Gasteiger partial charge in [-0.25, -0.2) is 0 Å². The minimum absolute atomic E-state index is 0.140. The molecule has 1 rings (SSSR count). The largest absolute Gasteiger partial charge is 0.299 e. The van der Waals surface area contributed by atoms with Crippen molar-refractivity contribution in [2.24, 2.45) is 11.3 Å². The summed E-state index contributed by atoms with van der Waals surface area (Å²) in [7, 11) is 2.87. The van der Waals surface area contributed by atoms with Crippen molar-refractivity contribution < 1.29 is 4.79 Å². The molecule has 1 aliphatic carbocycles. The molecule has 0 saturated heterocycles. The molecule has 1 unspecified atom stereocenters. The molecule has 1 nitrogen and oxygen atoms in total. The first-order valence-corrected chi connectivity index (χ1v) is 5.88. The molecule has 0 radical (unpaired) electrons. The third-order valence-corrected chi connectivity index (χ3v) is 3.55. The summed E-state index contributed by atoms with van der Waals surface area (Å²) in [6.45, 7) is 6.09. The second-order valence-electron chi connectivity index (χ2n) is 5.23. The lowest BCUT2D eigenvalue weighted by atomic mass is 9.76. The SMILES string of the molecule is CC(C)(C)C(=O)C1CCC(P)CC1. The lowest BCUT2D eigenvalue weighted by Crippen LogP contribution is -2.31. The molecule has 1 fully saturated rings. The lowest BCUT2D eigenvalue weighted by Gasteiger charge is -2.29. The number of hydrogen-bond acceptors (Lipinski definition) is 1. The first-order valence-electron chi connectivity index (χ1n) is 5.21. The molecular weight excluding hydrogens is 179 g/mol. The number of rotatable bonds is 1. The first-order chi connectivity index (χ1) is 5.91. The van der Waals surface area contributed by atoms with Crippen LogP contribution in [0.1, 0.15) is 46.5 Å². The van der Waals surface area contributed by atoms with Gasteiger partial charge >= 0.3 is 0 Å². The van der Waals surface area contributed by atoms with Crippen LogP contribution in [0, 0.1) is 11.3 Å². The molecule has 0 spiro atoms. The van der Waals surface area contributed by atoms with E-state index < -0.39 is 0 Å². The Kier molecular flexibility index (Phi) is 3.51. The van der Waals surface area contributed by atoms with Gasteiger partial charge in [-0.2, -0.15) is 0 Å². The number of Topliss-reactive ketones (excluding diaryl/α,β-unsaturated/α-hetero) is 1. The molecule has 1 atom stereocenters. The van der Waals surface area contributed by atoms with Gasteiger partial charge < -0.3 is 0 Å². The van der Waals surface area contributed by atoms with E-state index in [1.54, 1.807) is 0 Å². The van der Waals surface area contributed by atoms with Crippen molar-refractivity contribution in [2.75, 3.05) is 0 Å². The lowest BCUT2D eigenvalue weighted by molar-refractivity contribution is -0.131. The fourth-order valence-electron chi connectivity index (χ4n) is 1.99. The van der Waals surface area contributed by atoms with Crippen molar-refractivity contribution in [3.05, 3.63) is 0 Å². The van der Waals surface area contributed by atoms with E-state index in [9.17, 15) is 4.79 Å². The van der Waals surface area contributed by atoms with Gasteiger partial charge in [-0.05, 0) is 31.3 Å². The summed E-state index contributed by atoms with van der Waals surface area (Å²) in [6.07, 6.45) is 4.61. The zero-order chi connectivity index (χ0) is 10.1. The molecule has 0 aromatic carbocycles. The van der Waals surface area contributed by atoms with E-state index in [0.29, 0.717) is 11.7 Å². The third kappa shape index (κ3) is 3.06. The van der Waals surface area contributed by atoms with E-state index in [2.05, 4.69) is 9.24 Å². The van der Waals surface area contributed by atoms with Crippen molar-refractivity contribution in [2.45, 2.75) is 52.1 Å². The van der Waals surface area contributed by atoms with Gasteiger partial charge in [-0.1, -0.05) is 20.8 Å². The fourth-order valence-corrected chi connectivity index (χ4v) is 2.38. The van der Waals surface area contributed by atoms with Crippen LogP contribution in [0.5, 0.6) is 0 Å². The molecule has 0 amide bonds. The van der Waals surface area contributed by atoms with Crippen molar-refractivity contribution in [1.29, 1.82) is 0 Å². The maximum Gasteiger partial charge on any atom is 0.141 e. The summed E-state index contributed by atoms with van der Waals surface area (Å²) in [4.78, 5) is 11.9.